The number of anilines is 1. The fourth-order valence-electron chi connectivity index (χ4n) is 2.04. The zero-order valence-electron chi connectivity index (χ0n) is 14.0. The molecule has 8 nitrogen and oxygen atoms in total. The van der Waals surface area contributed by atoms with Gasteiger partial charge in [0.15, 0.2) is 6.33 Å². The number of sulfonamides is 1. The van der Waals surface area contributed by atoms with Gasteiger partial charge in [-0.05, 0) is 56.2 Å². The smallest absolute Gasteiger partial charge is 0.213 e. The van der Waals surface area contributed by atoms with Crippen LogP contribution in [0.4, 0.5) is 5.69 Å². The zero-order chi connectivity index (χ0) is 17.4. The number of nitrogens with zero attached hydrogens (tertiary/aromatic N) is 4. The molecule has 1 aromatic heterocycles. The van der Waals surface area contributed by atoms with Crippen LogP contribution >= 0.6 is 0 Å². The molecule has 0 aliphatic rings. The molecule has 1 aromatic carbocycles. The molecule has 24 heavy (non-hydrogen) atoms. The number of benzene rings is 1. The highest BCUT2D eigenvalue weighted by atomic mass is 32.2. The van der Waals surface area contributed by atoms with Crippen LogP contribution in [-0.4, -0.2) is 47.0 Å². The average molecular weight is 352 g/mol. The first-order valence-electron chi connectivity index (χ1n) is 8.05. The molecule has 0 amide bonds. The predicted octanol–water partition coefficient (Wildman–Crippen LogP) is 1.57. The third-order valence-electron chi connectivity index (χ3n) is 3.55. The van der Waals surface area contributed by atoms with Gasteiger partial charge in [0.25, 0.3) is 0 Å². The Labute approximate surface area is 142 Å². The lowest BCUT2D eigenvalue weighted by molar-refractivity contribution is 0.566. The molecule has 2 N–H and O–H groups in total. The van der Waals surface area contributed by atoms with Gasteiger partial charge >= 0.3 is 0 Å². The zero-order valence-corrected chi connectivity index (χ0v) is 14.8. The number of aromatic nitrogens is 4. The summed E-state index contributed by atoms with van der Waals surface area (Å²) in [6.07, 6.45) is 4.18. The fraction of sp³-hybridized carbons (Fsp3) is 0.533. The monoisotopic (exact) mass is 352 g/mol. The van der Waals surface area contributed by atoms with E-state index in [9.17, 15) is 8.42 Å². The van der Waals surface area contributed by atoms with Gasteiger partial charge in [0.05, 0.1) is 10.9 Å². The number of hydrogen-bond acceptors (Lipinski definition) is 6. The normalized spacial score (nSPS) is 11.8. The van der Waals surface area contributed by atoms with Crippen molar-refractivity contribution in [2.24, 2.45) is 0 Å². The van der Waals surface area contributed by atoms with Gasteiger partial charge in [-0.3, -0.25) is 0 Å². The van der Waals surface area contributed by atoms with Crippen LogP contribution in [0.2, 0.25) is 0 Å². The molecule has 2 rings (SSSR count). The van der Waals surface area contributed by atoms with Crippen molar-refractivity contribution in [2.45, 2.75) is 38.4 Å². The first-order chi connectivity index (χ1) is 11.5. The molecule has 132 valence electrons. The SMILES string of the molecule is CC(C)S(=O)(=O)NCCCCCNc1ccc(-n2ncnn2)cc1. The first-order valence-corrected chi connectivity index (χ1v) is 9.59. The molecule has 0 fully saturated rings. The molecule has 2 aromatic rings. The van der Waals surface area contributed by atoms with Gasteiger partial charge in [-0.1, -0.05) is 6.42 Å². The molecule has 0 saturated carbocycles. The van der Waals surface area contributed by atoms with Crippen LogP contribution < -0.4 is 10.0 Å². The summed E-state index contributed by atoms with van der Waals surface area (Å²) in [4.78, 5) is 1.46. The largest absolute Gasteiger partial charge is 0.385 e. The predicted molar refractivity (Wildman–Crippen MR) is 93.6 cm³/mol. The number of tetrazole rings is 1. The van der Waals surface area contributed by atoms with Gasteiger partial charge in [0.2, 0.25) is 10.0 Å². The van der Waals surface area contributed by atoms with E-state index in [1.54, 1.807) is 13.8 Å². The lowest BCUT2D eigenvalue weighted by atomic mass is 10.2. The summed E-state index contributed by atoms with van der Waals surface area (Å²) in [6.45, 7) is 4.70. The number of hydrogen-bond donors (Lipinski definition) is 2. The summed E-state index contributed by atoms with van der Waals surface area (Å²) in [6, 6.07) is 7.78. The maximum atomic E-state index is 11.6. The number of rotatable bonds is 10. The molecule has 0 spiro atoms. The van der Waals surface area contributed by atoms with E-state index in [0.717, 1.165) is 37.2 Å². The molecule has 0 aliphatic carbocycles. The first kappa shape index (κ1) is 18.3. The summed E-state index contributed by atoms with van der Waals surface area (Å²) < 4.78 is 25.8. The minimum atomic E-state index is -3.14. The number of unbranched alkanes of at least 4 members (excludes halogenated alkanes) is 2. The highest BCUT2D eigenvalue weighted by molar-refractivity contribution is 7.90. The van der Waals surface area contributed by atoms with E-state index < -0.39 is 10.0 Å². The van der Waals surface area contributed by atoms with E-state index in [0.29, 0.717) is 6.54 Å². The molecule has 0 unspecified atom stereocenters. The quantitative estimate of drug-likeness (QED) is 0.629. The minimum absolute atomic E-state index is 0.380. The molecule has 9 heteroatoms. The Morgan fingerprint density at radius 2 is 1.79 bits per heavy atom. The second kappa shape index (κ2) is 8.74. The van der Waals surface area contributed by atoms with Crippen LogP contribution in [-0.2, 0) is 10.0 Å². The van der Waals surface area contributed by atoms with Gasteiger partial charge in [-0.15, -0.1) is 15.0 Å². The molecular formula is C15H24N6O2S. The van der Waals surface area contributed by atoms with Gasteiger partial charge in [0, 0.05) is 18.8 Å². The Morgan fingerprint density at radius 1 is 1.08 bits per heavy atom. The van der Waals surface area contributed by atoms with E-state index in [2.05, 4.69) is 25.4 Å². The summed E-state index contributed by atoms with van der Waals surface area (Å²) >= 11 is 0. The summed E-state index contributed by atoms with van der Waals surface area (Å²) in [5.74, 6) is 0. The Kier molecular flexibility index (Phi) is 6.68. The second-order valence-electron chi connectivity index (χ2n) is 5.75. The molecule has 0 atom stereocenters. The van der Waals surface area contributed by atoms with Gasteiger partial charge in [0.1, 0.15) is 0 Å². The van der Waals surface area contributed by atoms with Crippen molar-refractivity contribution in [3.8, 4) is 5.69 Å². The van der Waals surface area contributed by atoms with Crippen LogP contribution in [0.15, 0.2) is 30.6 Å². The van der Waals surface area contributed by atoms with Crippen LogP contribution in [0.25, 0.3) is 5.69 Å². The summed E-state index contributed by atoms with van der Waals surface area (Å²) in [5, 5.41) is 14.4. The lowest BCUT2D eigenvalue weighted by Crippen LogP contribution is -2.31. The van der Waals surface area contributed by atoms with Gasteiger partial charge in [-0.25, -0.2) is 13.1 Å². The van der Waals surface area contributed by atoms with Crippen molar-refractivity contribution in [3.05, 3.63) is 30.6 Å². The van der Waals surface area contributed by atoms with Crippen molar-refractivity contribution < 1.29 is 8.42 Å². The highest BCUT2D eigenvalue weighted by Crippen LogP contribution is 2.11. The van der Waals surface area contributed by atoms with Gasteiger partial charge in [-0.2, -0.15) is 0 Å². The molecular weight excluding hydrogens is 328 g/mol. The average Bonchev–Trinajstić information content (AvgIpc) is 3.09. The molecule has 0 radical (unpaired) electrons. The molecule has 0 aliphatic heterocycles. The third-order valence-corrected chi connectivity index (χ3v) is 5.40. The van der Waals surface area contributed by atoms with E-state index in [-0.39, 0.29) is 5.25 Å². The maximum Gasteiger partial charge on any atom is 0.213 e. The molecule has 0 bridgehead atoms. The van der Waals surface area contributed by atoms with Crippen LogP contribution in [0.5, 0.6) is 0 Å². The lowest BCUT2D eigenvalue weighted by Gasteiger charge is -2.10. The number of nitrogens with one attached hydrogen (secondary N) is 2. The van der Waals surface area contributed by atoms with Crippen LogP contribution in [0.1, 0.15) is 33.1 Å². The van der Waals surface area contributed by atoms with Gasteiger partial charge < -0.3 is 5.32 Å². The van der Waals surface area contributed by atoms with Crippen LogP contribution in [0, 0.1) is 0 Å². The van der Waals surface area contributed by atoms with Crippen molar-refractivity contribution in [3.63, 3.8) is 0 Å². The standard InChI is InChI=1S/C15H24N6O2S/c1-13(2)24(22,23)19-11-5-3-4-10-16-14-6-8-15(9-7-14)21-18-12-17-20-21/h6-9,12-13,16,19H,3-5,10-11H2,1-2H3. The van der Waals surface area contributed by atoms with E-state index in [4.69, 9.17) is 0 Å². The third kappa shape index (κ3) is 5.57. The van der Waals surface area contributed by atoms with E-state index >= 15 is 0 Å². The highest BCUT2D eigenvalue weighted by Gasteiger charge is 2.13. The molecule has 0 saturated heterocycles. The van der Waals surface area contributed by atoms with Crippen LogP contribution in [0.3, 0.4) is 0 Å². The Morgan fingerprint density at radius 3 is 2.42 bits per heavy atom. The van der Waals surface area contributed by atoms with E-state index in [1.165, 1.54) is 11.1 Å². The fourth-order valence-corrected chi connectivity index (χ4v) is 2.80. The van der Waals surface area contributed by atoms with Crippen molar-refractivity contribution in [2.75, 3.05) is 18.4 Å². The summed E-state index contributed by atoms with van der Waals surface area (Å²) in [5.41, 5.74) is 1.88. The minimum Gasteiger partial charge on any atom is -0.385 e. The second-order valence-corrected chi connectivity index (χ2v) is 8.07. The Hall–Kier alpha value is -2.00. The maximum absolute atomic E-state index is 11.6. The van der Waals surface area contributed by atoms with Crippen molar-refractivity contribution in [1.82, 2.24) is 24.9 Å². The van der Waals surface area contributed by atoms with Crippen molar-refractivity contribution in [1.29, 1.82) is 0 Å². The molecule has 1 heterocycles. The Bertz CT molecular complexity index is 698. The topological polar surface area (TPSA) is 102 Å². The van der Waals surface area contributed by atoms with Crippen molar-refractivity contribution >= 4 is 15.7 Å². The Balaban J connectivity index is 1.61. The van der Waals surface area contributed by atoms with E-state index in [1.807, 2.05) is 24.3 Å². The summed E-state index contributed by atoms with van der Waals surface area (Å²) in [7, 11) is -3.14.